The fourth-order valence-electron chi connectivity index (χ4n) is 4.80. The van der Waals surface area contributed by atoms with Gasteiger partial charge in [-0.2, -0.15) is 0 Å². The largest absolute Gasteiger partial charge is 0.487 e. The Hall–Kier alpha value is -3.16. The molecule has 5 rings (SSSR count). The van der Waals surface area contributed by atoms with Gasteiger partial charge in [-0.1, -0.05) is 36.4 Å². The number of hydrogen-bond acceptors (Lipinski definition) is 5. The van der Waals surface area contributed by atoms with Crippen LogP contribution in [0.4, 0.5) is 5.69 Å². The highest BCUT2D eigenvalue weighted by Gasteiger charge is 2.32. The minimum atomic E-state index is -0.800. The average molecular weight is 434 g/mol. The number of carbonyl (C=O) groups excluding carboxylic acids is 1. The van der Waals surface area contributed by atoms with E-state index in [2.05, 4.69) is 16.7 Å². The van der Waals surface area contributed by atoms with Gasteiger partial charge in [-0.05, 0) is 43.4 Å². The van der Waals surface area contributed by atoms with Gasteiger partial charge in [0.05, 0.1) is 5.57 Å². The van der Waals surface area contributed by atoms with E-state index in [0.717, 1.165) is 47.2 Å². The number of aliphatic carboxylic acids is 1. The number of rotatable bonds is 6. The van der Waals surface area contributed by atoms with Gasteiger partial charge in [0.15, 0.2) is 0 Å². The van der Waals surface area contributed by atoms with E-state index in [1.54, 1.807) is 0 Å². The number of para-hydroxylation sites is 1. The van der Waals surface area contributed by atoms with Crippen molar-refractivity contribution in [2.75, 3.05) is 25.1 Å². The van der Waals surface area contributed by atoms with Gasteiger partial charge in [0.1, 0.15) is 18.4 Å². The molecule has 1 saturated heterocycles. The molecule has 0 saturated carbocycles. The van der Waals surface area contributed by atoms with Crippen LogP contribution >= 0.6 is 0 Å². The van der Waals surface area contributed by atoms with Gasteiger partial charge in [-0.3, -0.25) is 9.59 Å². The number of anilines is 1. The van der Waals surface area contributed by atoms with E-state index < -0.39 is 12.0 Å². The monoisotopic (exact) mass is 434 g/mol. The first-order valence-electron chi connectivity index (χ1n) is 11.1. The zero-order chi connectivity index (χ0) is 22.1. The molecule has 2 aromatic carbocycles. The number of hydrogen-bond donors (Lipinski definition) is 3. The third kappa shape index (κ3) is 3.89. The van der Waals surface area contributed by atoms with Crippen LogP contribution in [0, 0.1) is 5.92 Å². The lowest BCUT2D eigenvalue weighted by Gasteiger charge is -2.28. The van der Waals surface area contributed by atoms with Gasteiger partial charge >= 0.3 is 5.97 Å². The number of nitrogens with one attached hydrogen (secondary N) is 2. The standard InChI is InChI=1S/C25H26N2O5/c28-24-21(19-3-1-2-4-20(19)27-24)23-18-6-5-15(13-17(18)14-32-23)7-10-26-22(25(29)30)16-8-11-31-12-9-16/h1-6,13,16,22,26H,7-12,14H2,(H,27,28)(H,29,30). The molecular weight excluding hydrogens is 408 g/mol. The second kappa shape index (κ2) is 8.76. The molecule has 0 aromatic heterocycles. The third-order valence-electron chi connectivity index (χ3n) is 6.47. The molecule has 3 aliphatic rings. The van der Waals surface area contributed by atoms with Crippen LogP contribution in [-0.2, 0) is 32.1 Å². The Morgan fingerprint density at radius 2 is 1.97 bits per heavy atom. The predicted molar refractivity (Wildman–Crippen MR) is 120 cm³/mol. The Morgan fingerprint density at radius 3 is 2.78 bits per heavy atom. The topological polar surface area (TPSA) is 96.9 Å². The van der Waals surface area contributed by atoms with Crippen molar-refractivity contribution >= 4 is 28.9 Å². The van der Waals surface area contributed by atoms with Gasteiger partial charge in [-0.15, -0.1) is 0 Å². The molecule has 2 aromatic rings. The lowest BCUT2D eigenvalue weighted by atomic mass is 9.91. The highest BCUT2D eigenvalue weighted by atomic mass is 16.5. The van der Waals surface area contributed by atoms with E-state index in [-0.39, 0.29) is 11.8 Å². The molecule has 7 nitrogen and oxygen atoms in total. The highest BCUT2D eigenvalue weighted by Crippen LogP contribution is 2.41. The molecule has 3 N–H and O–H groups in total. The van der Waals surface area contributed by atoms with Gasteiger partial charge < -0.3 is 25.2 Å². The molecule has 0 aliphatic carbocycles. The summed E-state index contributed by atoms with van der Waals surface area (Å²) < 4.78 is 11.3. The maximum absolute atomic E-state index is 12.6. The number of amides is 1. The maximum atomic E-state index is 12.6. The molecule has 1 amide bonds. The summed E-state index contributed by atoms with van der Waals surface area (Å²) in [7, 11) is 0. The van der Waals surface area contributed by atoms with Crippen molar-refractivity contribution in [3.8, 4) is 0 Å². The number of fused-ring (bicyclic) bond motifs is 2. The quantitative estimate of drug-likeness (QED) is 0.605. The third-order valence-corrected chi connectivity index (χ3v) is 6.47. The van der Waals surface area contributed by atoms with Crippen LogP contribution in [0.5, 0.6) is 0 Å². The summed E-state index contributed by atoms with van der Waals surface area (Å²) in [4.78, 5) is 24.3. The summed E-state index contributed by atoms with van der Waals surface area (Å²) in [6, 6.07) is 13.2. The Bertz CT molecular complexity index is 1090. The molecule has 1 unspecified atom stereocenters. The number of ether oxygens (including phenoxy) is 2. The van der Waals surface area contributed by atoms with Crippen LogP contribution in [0.3, 0.4) is 0 Å². The second-order valence-corrected chi connectivity index (χ2v) is 8.45. The lowest BCUT2D eigenvalue weighted by molar-refractivity contribution is -0.142. The van der Waals surface area contributed by atoms with E-state index in [0.29, 0.717) is 37.7 Å². The summed E-state index contributed by atoms with van der Waals surface area (Å²) in [6.45, 7) is 2.25. The number of carboxylic acid groups (broad SMARTS) is 1. The Balaban J connectivity index is 1.29. The summed E-state index contributed by atoms with van der Waals surface area (Å²) in [5.74, 6) is -0.220. The van der Waals surface area contributed by atoms with E-state index in [1.807, 2.05) is 36.4 Å². The fraction of sp³-hybridized carbons (Fsp3) is 0.360. The summed E-state index contributed by atoms with van der Waals surface area (Å²) >= 11 is 0. The molecule has 0 bridgehead atoms. The van der Waals surface area contributed by atoms with E-state index in [1.165, 1.54) is 0 Å². The van der Waals surface area contributed by atoms with Crippen molar-refractivity contribution in [1.29, 1.82) is 0 Å². The van der Waals surface area contributed by atoms with E-state index in [9.17, 15) is 14.7 Å². The summed E-state index contributed by atoms with van der Waals surface area (Å²) in [5.41, 5.74) is 5.34. The first-order valence-corrected chi connectivity index (χ1v) is 11.1. The zero-order valence-electron chi connectivity index (χ0n) is 17.7. The van der Waals surface area contributed by atoms with Crippen LogP contribution in [0.2, 0.25) is 0 Å². The molecule has 1 atom stereocenters. The molecule has 32 heavy (non-hydrogen) atoms. The van der Waals surface area contributed by atoms with Gasteiger partial charge in [-0.25, -0.2) is 0 Å². The molecule has 3 heterocycles. The van der Waals surface area contributed by atoms with Crippen LogP contribution in [0.25, 0.3) is 11.3 Å². The fourth-order valence-corrected chi connectivity index (χ4v) is 4.80. The van der Waals surface area contributed by atoms with Crippen molar-refractivity contribution in [3.05, 3.63) is 64.7 Å². The van der Waals surface area contributed by atoms with Crippen molar-refractivity contribution in [2.24, 2.45) is 5.92 Å². The molecule has 1 fully saturated rings. The molecule has 3 aliphatic heterocycles. The molecule has 166 valence electrons. The summed E-state index contributed by atoms with van der Waals surface area (Å²) in [6.07, 6.45) is 2.26. The van der Waals surface area contributed by atoms with Crippen molar-refractivity contribution in [1.82, 2.24) is 5.32 Å². The maximum Gasteiger partial charge on any atom is 0.320 e. The summed E-state index contributed by atoms with van der Waals surface area (Å²) in [5, 5.41) is 15.7. The van der Waals surface area contributed by atoms with Gasteiger partial charge in [0, 0.05) is 35.6 Å². The second-order valence-electron chi connectivity index (χ2n) is 8.45. The molecule has 0 radical (unpaired) electrons. The lowest BCUT2D eigenvalue weighted by Crippen LogP contribution is -2.45. The van der Waals surface area contributed by atoms with Crippen LogP contribution < -0.4 is 10.6 Å². The van der Waals surface area contributed by atoms with Crippen LogP contribution in [0.1, 0.15) is 35.1 Å². The van der Waals surface area contributed by atoms with Crippen LogP contribution in [-0.4, -0.2) is 42.8 Å². The average Bonchev–Trinajstić information content (AvgIpc) is 3.36. The zero-order valence-corrected chi connectivity index (χ0v) is 17.7. The highest BCUT2D eigenvalue weighted by molar-refractivity contribution is 6.36. The van der Waals surface area contributed by atoms with Crippen molar-refractivity contribution < 1.29 is 24.2 Å². The van der Waals surface area contributed by atoms with Gasteiger partial charge in [0.2, 0.25) is 0 Å². The minimum absolute atomic E-state index is 0.101. The van der Waals surface area contributed by atoms with E-state index >= 15 is 0 Å². The molecule has 7 heteroatoms. The molecule has 0 spiro atoms. The Labute approximate surface area is 186 Å². The number of carbonyl (C=O) groups is 2. The molecular formula is C25H26N2O5. The smallest absolute Gasteiger partial charge is 0.320 e. The van der Waals surface area contributed by atoms with Crippen molar-refractivity contribution in [3.63, 3.8) is 0 Å². The SMILES string of the molecule is O=C1Nc2ccccc2C1=C1OCc2cc(CCNC(C(=O)O)C3CCOCC3)ccc21. The normalized spacial score (nSPS) is 20.9. The number of carboxylic acids is 1. The van der Waals surface area contributed by atoms with Gasteiger partial charge in [0.25, 0.3) is 5.91 Å². The van der Waals surface area contributed by atoms with E-state index in [4.69, 9.17) is 9.47 Å². The predicted octanol–water partition coefficient (Wildman–Crippen LogP) is 3.05. The Morgan fingerprint density at radius 1 is 1.16 bits per heavy atom. The number of benzene rings is 2. The Kier molecular flexibility index (Phi) is 5.68. The first-order chi connectivity index (χ1) is 15.6. The van der Waals surface area contributed by atoms with Crippen LogP contribution in [0.15, 0.2) is 42.5 Å². The minimum Gasteiger partial charge on any atom is -0.487 e. The first kappa shape index (κ1) is 20.7. The van der Waals surface area contributed by atoms with Crippen molar-refractivity contribution in [2.45, 2.75) is 31.9 Å².